The largest absolute Gasteiger partial charge is 0.465 e. The molecule has 8 heteroatoms. The maximum atomic E-state index is 13.4. The van der Waals surface area contributed by atoms with E-state index in [1.807, 2.05) is 13.8 Å². The third kappa shape index (κ3) is 2.82. The minimum atomic E-state index is -1.40. The van der Waals surface area contributed by atoms with Gasteiger partial charge in [0.05, 0.1) is 23.7 Å². The molecule has 0 saturated heterocycles. The van der Waals surface area contributed by atoms with Crippen LogP contribution in [0.1, 0.15) is 53.4 Å². The van der Waals surface area contributed by atoms with Gasteiger partial charge >= 0.3 is 11.9 Å². The summed E-state index contributed by atoms with van der Waals surface area (Å²) in [6.07, 6.45) is -2.31. The Labute approximate surface area is 188 Å². The average molecular weight is 451 g/mol. The van der Waals surface area contributed by atoms with E-state index in [9.17, 15) is 29.7 Å². The topological polar surface area (TPSA) is 130 Å². The third-order valence-corrected chi connectivity index (χ3v) is 9.36. The van der Waals surface area contributed by atoms with E-state index in [1.54, 1.807) is 0 Å². The summed E-state index contributed by atoms with van der Waals surface area (Å²) in [6, 6.07) is 0. The molecule has 32 heavy (non-hydrogen) atoms. The summed E-state index contributed by atoms with van der Waals surface area (Å²) in [5.41, 5.74) is -2.59. The molecule has 0 heterocycles. The minimum absolute atomic E-state index is 0.00135. The van der Waals surface area contributed by atoms with Gasteiger partial charge in [0.2, 0.25) is 0 Å². The number of fused-ring (bicyclic) bond motifs is 3. The van der Waals surface area contributed by atoms with Crippen molar-refractivity contribution in [3.05, 3.63) is 12.2 Å². The van der Waals surface area contributed by atoms with Crippen LogP contribution in [0.15, 0.2) is 12.2 Å². The molecule has 4 fully saturated rings. The number of carbonyl (C=O) groups excluding carboxylic acids is 3. The van der Waals surface area contributed by atoms with Crippen LogP contribution in [-0.2, 0) is 23.9 Å². The van der Waals surface area contributed by atoms with Crippen LogP contribution in [0.25, 0.3) is 0 Å². The lowest BCUT2D eigenvalue weighted by atomic mass is 9.39. The number of aliphatic hydroxyl groups excluding tert-OH is 3. The fraction of sp³-hybridized carbons (Fsp3) is 0.792. The summed E-state index contributed by atoms with van der Waals surface area (Å²) in [6.45, 7) is 10.4. The number of carbonyl (C=O) groups is 3. The standard InChI is InChI=1S/C24H34O8/c1-11-19-14(27)8-16-22(4)7-6-18(32-13(3)26)23(5,10-31-12(2)25)15(22)9-17(28)24(16,20(11)29)21(19)30/h14-19,21,27-28,30H,1,6-10H2,2-5H3/t14-,15-,16-,17+,18-,19+,21+,22+,23+,24-/m0/s1. The molecule has 0 aromatic heterocycles. The van der Waals surface area contributed by atoms with Gasteiger partial charge in [-0.25, -0.2) is 0 Å². The van der Waals surface area contributed by atoms with Crippen molar-refractivity contribution in [1.82, 2.24) is 0 Å². The van der Waals surface area contributed by atoms with E-state index in [4.69, 9.17) is 9.47 Å². The second kappa shape index (κ2) is 7.37. The van der Waals surface area contributed by atoms with E-state index in [0.717, 1.165) is 0 Å². The zero-order valence-corrected chi connectivity index (χ0v) is 19.2. The van der Waals surface area contributed by atoms with Crippen LogP contribution in [0.2, 0.25) is 0 Å². The fourth-order valence-electron chi connectivity index (χ4n) is 7.98. The predicted octanol–water partition coefficient (Wildman–Crippen LogP) is 1.15. The zero-order chi connectivity index (χ0) is 23.8. The first-order valence-corrected chi connectivity index (χ1v) is 11.4. The molecule has 178 valence electrons. The number of hydrogen-bond donors (Lipinski definition) is 3. The highest BCUT2D eigenvalue weighted by atomic mass is 16.6. The fourth-order valence-corrected chi connectivity index (χ4v) is 7.98. The summed E-state index contributed by atoms with van der Waals surface area (Å²) in [5, 5.41) is 33.5. The summed E-state index contributed by atoms with van der Waals surface area (Å²) >= 11 is 0. The SMILES string of the molecule is C=C1C(=O)[C@@]23[C@H](O)C[C@@H]4[C@@](C)(COC(C)=O)[C@@H](OC(C)=O)CC[C@@]4(C)[C@@H]2C[C@H](O)[C@@H]1[C@H]3O. The highest BCUT2D eigenvalue weighted by molar-refractivity contribution is 6.04. The van der Waals surface area contributed by atoms with Gasteiger partial charge in [0, 0.05) is 25.2 Å². The van der Waals surface area contributed by atoms with E-state index >= 15 is 0 Å². The zero-order valence-electron chi connectivity index (χ0n) is 19.2. The molecule has 2 bridgehead atoms. The molecular weight excluding hydrogens is 416 g/mol. The maximum absolute atomic E-state index is 13.4. The number of esters is 2. The normalized spacial score (nSPS) is 49.8. The van der Waals surface area contributed by atoms with Crippen molar-refractivity contribution in [1.29, 1.82) is 0 Å². The molecule has 8 nitrogen and oxygen atoms in total. The Bertz CT molecular complexity index is 868. The molecule has 0 amide bonds. The molecule has 4 saturated carbocycles. The molecule has 10 atom stereocenters. The van der Waals surface area contributed by atoms with Crippen LogP contribution >= 0.6 is 0 Å². The number of rotatable bonds is 3. The smallest absolute Gasteiger partial charge is 0.302 e. The second-order valence-corrected chi connectivity index (χ2v) is 10.8. The van der Waals surface area contributed by atoms with Gasteiger partial charge in [-0.1, -0.05) is 20.4 Å². The van der Waals surface area contributed by atoms with Gasteiger partial charge in [-0.2, -0.15) is 0 Å². The highest BCUT2D eigenvalue weighted by Crippen LogP contribution is 2.71. The Hall–Kier alpha value is -1.77. The lowest BCUT2D eigenvalue weighted by Gasteiger charge is -2.66. The van der Waals surface area contributed by atoms with Crippen LogP contribution in [0.3, 0.4) is 0 Å². The summed E-state index contributed by atoms with van der Waals surface area (Å²) in [7, 11) is 0. The predicted molar refractivity (Wildman–Crippen MR) is 112 cm³/mol. The number of ether oxygens (including phenoxy) is 2. The lowest BCUT2D eigenvalue weighted by molar-refractivity contribution is -0.259. The Morgan fingerprint density at radius 1 is 1.09 bits per heavy atom. The summed E-state index contributed by atoms with van der Waals surface area (Å²) in [5.74, 6) is -2.79. The van der Waals surface area contributed by atoms with Crippen LogP contribution in [0.5, 0.6) is 0 Å². The van der Waals surface area contributed by atoms with Crippen LogP contribution in [0, 0.1) is 34.0 Å². The Balaban J connectivity index is 1.82. The van der Waals surface area contributed by atoms with E-state index in [1.165, 1.54) is 13.8 Å². The first-order chi connectivity index (χ1) is 14.8. The van der Waals surface area contributed by atoms with Crippen molar-refractivity contribution in [3.8, 4) is 0 Å². The monoisotopic (exact) mass is 450 g/mol. The molecule has 4 aliphatic carbocycles. The number of Topliss-reactive ketones (excluding diaryl/α,β-unsaturated/α-hetero) is 1. The Morgan fingerprint density at radius 3 is 2.34 bits per heavy atom. The number of ketones is 1. The molecular formula is C24H34O8. The molecule has 3 N–H and O–H groups in total. The third-order valence-electron chi connectivity index (χ3n) is 9.36. The van der Waals surface area contributed by atoms with Gasteiger partial charge in [-0.05, 0) is 48.5 Å². The van der Waals surface area contributed by atoms with Crippen LogP contribution < -0.4 is 0 Å². The van der Waals surface area contributed by atoms with Crippen molar-refractivity contribution in [2.24, 2.45) is 34.0 Å². The van der Waals surface area contributed by atoms with E-state index in [0.29, 0.717) is 12.8 Å². The van der Waals surface area contributed by atoms with Gasteiger partial charge in [-0.3, -0.25) is 14.4 Å². The van der Waals surface area contributed by atoms with Gasteiger partial charge < -0.3 is 24.8 Å². The van der Waals surface area contributed by atoms with Crippen molar-refractivity contribution in [2.45, 2.75) is 77.8 Å². The van der Waals surface area contributed by atoms with Crippen molar-refractivity contribution >= 4 is 17.7 Å². The summed E-state index contributed by atoms with van der Waals surface area (Å²) in [4.78, 5) is 36.9. The minimum Gasteiger partial charge on any atom is -0.465 e. The first kappa shape index (κ1) is 23.4. The molecule has 0 unspecified atom stereocenters. The Kier molecular flexibility index (Phi) is 5.39. The van der Waals surface area contributed by atoms with E-state index < -0.39 is 64.4 Å². The molecule has 1 spiro atoms. The number of hydrogen-bond acceptors (Lipinski definition) is 8. The van der Waals surface area contributed by atoms with E-state index in [-0.39, 0.29) is 36.7 Å². The average Bonchev–Trinajstić information content (AvgIpc) is 2.83. The van der Waals surface area contributed by atoms with Gasteiger partial charge in [0.25, 0.3) is 0 Å². The molecule has 0 aromatic carbocycles. The Morgan fingerprint density at radius 2 is 1.75 bits per heavy atom. The van der Waals surface area contributed by atoms with Crippen molar-refractivity contribution in [2.75, 3.05) is 6.61 Å². The van der Waals surface area contributed by atoms with Gasteiger partial charge in [0.15, 0.2) is 5.78 Å². The van der Waals surface area contributed by atoms with Gasteiger partial charge in [0.1, 0.15) is 12.7 Å². The van der Waals surface area contributed by atoms with Crippen LogP contribution in [-0.4, -0.2) is 64.1 Å². The van der Waals surface area contributed by atoms with E-state index in [2.05, 4.69) is 6.58 Å². The molecule has 0 aromatic rings. The number of aliphatic hydroxyl groups is 3. The van der Waals surface area contributed by atoms with Crippen molar-refractivity contribution < 1.29 is 39.2 Å². The first-order valence-electron chi connectivity index (χ1n) is 11.4. The summed E-state index contributed by atoms with van der Waals surface area (Å²) < 4.78 is 11.1. The van der Waals surface area contributed by atoms with Gasteiger partial charge in [-0.15, -0.1) is 0 Å². The molecule has 4 aliphatic rings. The second-order valence-electron chi connectivity index (χ2n) is 10.8. The molecule has 0 aliphatic heterocycles. The van der Waals surface area contributed by atoms with Crippen molar-refractivity contribution in [3.63, 3.8) is 0 Å². The molecule has 4 rings (SSSR count). The quantitative estimate of drug-likeness (QED) is 0.431. The maximum Gasteiger partial charge on any atom is 0.302 e. The lowest BCUT2D eigenvalue weighted by Crippen LogP contribution is -2.70. The molecule has 0 radical (unpaired) electrons. The highest BCUT2D eigenvalue weighted by Gasteiger charge is 2.76. The van der Waals surface area contributed by atoms with Crippen LogP contribution in [0.4, 0.5) is 0 Å².